The Morgan fingerprint density at radius 1 is 1.18 bits per heavy atom. The summed E-state index contributed by atoms with van der Waals surface area (Å²) in [4.78, 5) is 18.6. The Hall–Kier alpha value is -2.40. The van der Waals surface area contributed by atoms with E-state index in [2.05, 4.69) is 4.98 Å². The number of hydrogen-bond donors (Lipinski definition) is 0. The molecule has 4 nitrogen and oxygen atoms in total. The van der Waals surface area contributed by atoms with Crippen LogP contribution in [0.1, 0.15) is 5.56 Å². The van der Waals surface area contributed by atoms with Crippen LogP contribution in [0.15, 0.2) is 48.5 Å². The quantitative estimate of drug-likeness (QED) is 0.740. The number of hydrogen-bond acceptors (Lipinski definition) is 4. The fourth-order valence-electron chi connectivity index (χ4n) is 2.24. The second-order valence-corrected chi connectivity index (χ2v) is 5.91. The molecule has 0 saturated carbocycles. The number of methoxy groups -OCH3 is 1. The summed E-state index contributed by atoms with van der Waals surface area (Å²) >= 11 is 1.52. The van der Waals surface area contributed by atoms with E-state index >= 15 is 0 Å². The Morgan fingerprint density at radius 2 is 1.91 bits per heavy atom. The highest BCUT2D eigenvalue weighted by atomic mass is 32.1. The third-order valence-corrected chi connectivity index (χ3v) is 4.59. The molecule has 1 amide bonds. The van der Waals surface area contributed by atoms with Gasteiger partial charge in [0.05, 0.1) is 23.7 Å². The number of anilines is 1. The Labute approximate surface area is 133 Å². The molecule has 0 aliphatic heterocycles. The average molecular weight is 312 g/mol. The van der Waals surface area contributed by atoms with Gasteiger partial charge >= 0.3 is 0 Å². The maximum absolute atomic E-state index is 12.5. The van der Waals surface area contributed by atoms with Gasteiger partial charge in [0.15, 0.2) is 5.13 Å². The summed E-state index contributed by atoms with van der Waals surface area (Å²) in [6.45, 7) is 0. The van der Waals surface area contributed by atoms with Gasteiger partial charge < -0.3 is 4.74 Å². The van der Waals surface area contributed by atoms with E-state index < -0.39 is 0 Å². The third-order valence-electron chi connectivity index (χ3n) is 3.48. The van der Waals surface area contributed by atoms with Gasteiger partial charge in [-0.25, -0.2) is 4.98 Å². The summed E-state index contributed by atoms with van der Waals surface area (Å²) in [6.07, 6.45) is 0.288. The first kappa shape index (κ1) is 14.5. The maximum atomic E-state index is 12.5. The maximum Gasteiger partial charge on any atom is 0.233 e. The summed E-state index contributed by atoms with van der Waals surface area (Å²) in [5, 5.41) is 0.709. The molecule has 3 aromatic rings. The number of aromatic nitrogens is 1. The Morgan fingerprint density at radius 3 is 2.68 bits per heavy atom. The van der Waals surface area contributed by atoms with Crippen LogP contribution in [0.2, 0.25) is 0 Å². The van der Waals surface area contributed by atoms with Crippen molar-refractivity contribution in [1.29, 1.82) is 0 Å². The monoisotopic (exact) mass is 312 g/mol. The molecule has 3 rings (SSSR count). The summed E-state index contributed by atoms with van der Waals surface area (Å²) in [5.74, 6) is 0.720. The number of thiazole rings is 1. The van der Waals surface area contributed by atoms with E-state index in [1.54, 1.807) is 19.1 Å². The predicted octanol–water partition coefficient (Wildman–Crippen LogP) is 3.51. The van der Waals surface area contributed by atoms with Crippen molar-refractivity contribution in [2.75, 3.05) is 19.1 Å². The lowest BCUT2D eigenvalue weighted by Gasteiger charge is -2.14. The zero-order valence-electron chi connectivity index (χ0n) is 12.4. The van der Waals surface area contributed by atoms with E-state index in [0.29, 0.717) is 5.13 Å². The number of carbonyl (C=O) groups excluding carboxylic acids is 1. The van der Waals surface area contributed by atoms with Crippen LogP contribution in [0.3, 0.4) is 0 Å². The fraction of sp³-hybridized carbons (Fsp3) is 0.176. The molecule has 2 aromatic carbocycles. The Balaban J connectivity index is 1.82. The number of rotatable bonds is 4. The number of para-hydroxylation sites is 2. The van der Waals surface area contributed by atoms with Crippen LogP contribution in [0.25, 0.3) is 10.2 Å². The standard InChI is InChI=1S/C17H16N2O2S/c1-19(17-18-13-8-4-6-10-15(13)22-17)16(20)11-12-7-3-5-9-14(12)21-2/h3-10H,11H2,1-2H3. The van der Waals surface area contributed by atoms with Crippen molar-refractivity contribution in [3.8, 4) is 5.75 Å². The topological polar surface area (TPSA) is 42.4 Å². The molecule has 0 atom stereocenters. The highest BCUT2D eigenvalue weighted by Crippen LogP contribution is 2.28. The largest absolute Gasteiger partial charge is 0.496 e. The minimum Gasteiger partial charge on any atom is -0.496 e. The van der Waals surface area contributed by atoms with E-state index in [1.807, 2.05) is 48.5 Å². The highest BCUT2D eigenvalue weighted by Gasteiger charge is 2.17. The third kappa shape index (κ3) is 2.80. The minimum absolute atomic E-state index is 0.0106. The van der Waals surface area contributed by atoms with Gasteiger partial charge in [-0.15, -0.1) is 0 Å². The lowest BCUT2D eigenvalue weighted by molar-refractivity contribution is -0.117. The second-order valence-electron chi connectivity index (χ2n) is 4.91. The molecule has 0 aliphatic carbocycles. The van der Waals surface area contributed by atoms with E-state index in [0.717, 1.165) is 21.5 Å². The van der Waals surface area contributed by atoms with Crippen LogP contribution >= 0.6 is 11.3 Å². The van der Waals surface area contributed by atoms with Gasteiger partial charge in [0.25, 0.3) is 0 Å². The van der Waals surface area contributed by atoms with E-state index in [-0.39, 0.29) is 12.3 Å². The number of carbonyl (C=O) groups is 1. The van der Waals surface area contributed by atoms with Crippen LogP contribution in [0, 0.1) is 0 Å². The van der Waals surface area contributed by atoms with Crippen molar-refractivity contribution in [3.05, 3.63) is 54.1 Å². The molecule has 0 radical (unpaired) electrons. The molecule has 0 fully saturated rings. The van der Waals surface area contributed by atoms with E-state index in [9.17, 15) is 4.79 Å². The van der Waals surface area contributed by atoms with Crippen LogP contribution in [-0.2, 0) is 11.2 Å². The summed E-state index contributed by atoms with van der Waals surface area (Å²) in [7, 11) is 3.37. The molecule has 0 saturated heterocycles. The van der Waals surface area contributed by atoms with Crippen molar-refractivity contribution in [2.45, 2.75) is 6.42 Å². The first-order chi connectivity index (χ1) is 10.7. The van der Waals surface area contributed by atoms with Crippen molar-refractivity contribution in [2.24, 2.45) is 0 Å². The molecule has 0 bridgehead atoms. The van der Waals surface area contributed by atoms with Crippen molar-refractivity contribution < 1.29 is 9.53 Å². The number of amides is 1. The van der Waals surface area contributed by atoms with Crippen LogP contribution in [0.5, 0.6) is 5.75 Å². The number of benzene rings is 2. The lowest BCUT2D eigenvalue weighted by atomic mass is 10.1. The minimum atomic E-state index is -0.0106. The summed E-state index contributed by atoms with van der Waals surface area (Å²) in [5.41, 5.74) is 1.79. The molecule has 112 valence electrons. The first-order valence-corrected chi connectivity index (χ1v) is 7.74. The van der Waals surface area contributed by atoms with Gasteiger partial charge in [-0.05, 0) is 18.2 Å². The van der Waals surface area contributed by atoms with Gasteiger partial charge in [0.1, 0.15) is 5.75 Å². The van der Waals surface area contributed by atoms with Crippen LogP contribution in [0.4, 0.5) is 5.13 Å². The van der Waals surface area contributed by atoms with E-state index in [4.69, 9.17) is 4.74 Å². The zero-order valence-corrected chi connectivity index (χ0v) is 13.3. The average Bonchev–Trinajstić information content (AvgIpc) is 2.98. The van der Waals surface area contributed by atoms with Gasteiger partial charge in [0.2, 0.25) is 5.91 Å². The second kappa shape index (κ2) is 6.15. The number of ether oxygens (including phenoxy) is 1. The Kier molecular flexibility index (Phi) is 4.06. The molecule has 1 aromatic heterocycles. The van der Waals surface area contributed by atoms with Crippen LogP contribution < -0.4 is 9.64 Å². The van der Waals surface area contributed by atoms with Gasteiger partial charge in [-0.2, -0.15) is 0 Å². The number of likely N-dealkylation sites (N-methyl/N-ethyl adjacent to an activating group) is 1. The molecule has 0 unspecified atom stereocenters. The Bertz CT molecular complexity index is 780. The predicted molar refractivity (Wildman–Crippen MR) is 89.7 cm³/mol. The molecule has 0 N–H and O–H groups in total. The molecular weight excluding hydrogens is 296 g/mol. The molecule has 22 heavy (non-hydrogen) atoms. The van der Waals surface area contributed by atoms with Crippen molar-refractivity contribution >= 4 is 32.6 Å². The normalized spacial score (nSPS) is 10.6. The van der Waals surface area contributed by atoms with E-state index in [1.165, 1.54) is 11.3 Å². The van der Waals surface area contributed by atoms with Gasteiger partial charge in [0, 0.05) is 12.6 Å². The smallest absolute Gasteiger partial charge is 0.233 e. The summed E-state index contributed by atoms with van der Waals surface area (Å²) in [6, 6.07) is 15.4. The zero-order chi connectivity index (χ0) is 15.5. The molecular formula is C17H16N2O2S. The van der Waals surface area contributed by atoms with Gasteiger partial charge in [-0.1, -0.05) is 41.7 Å². The van der Waals surface area contributed by atoms with Crippen molar-refractivity contribution in [1.82, 2.24) is 4.98 Å². The first-order valence-electron chi connectivity index (χ1n) is 6.93. The lowest BCUT2D eigenvalue weighted by Crippen LogP contribution is -2.27. The number of nitrogens with zero attached hydrogens (tertiary/aromatic N) is 2. The summed E-state index contributed by atoms with van der Waals surface area (Å²) < 4.78 is 6.37. The molecule has 0 aliphatic rings. The van der Waals surface area contributed by atoms with Gasteiger partial charge in [-0.3, -0.25) is 9.69 Å². The number of fused-ring (bicyclic) bond motifs is 1. The molecule has 5 heteroatoms. The van der Waals surface area contributed by atoms with Crippen molar-refractivity contribution in [3.63, 3.8) is 0 Å². The highest BCUT2D eigenvalue weighted by molar-refractivity contribution is 7.22. The SMILES string of the molecule is COc1ccccc1CC(=O)N(C)c1nc2ccccc2s1. The fourth-order valence-corrected chi connectivity index (χ4v) is 3.19. The molecule has 0 spiro atoms. The van der Waals surface area contributed by atoms with Crippen LogP contribution in [-0.4, -0.2) is 25.0 Å². The molecule has 1 heterocycles.